The number of carbonyl (C=O) groups excluding carboxylic acids is 2. The number of H-pyrrole nitrogens is 1. The number of halogens is 8. The Morgan fingerprint density at radius 2 is 1.04 bits per heavy atom. The van der Waals surface area contributed by atoms with E-state index in [9.17, 15) is 9.59 Å². The highest BCUT2D eigenvalue weighted by atomic mass is 79.9. The molecule has 0 aliphatic carbocycles. The summed E-state index contributed by atoms with van der Waals surface area (Å²) >= 11 is 45.9. The van der Waals surface area contributed by atoms with Crippen LogP contribution in [0.3, 0.4) is 0 Å². The molecule has 4 heterocycles. The molecule has 10 aromatic carbocycles. The van der Waals surface area contributed by atoms with E-state index in [0.29, 0.717) is 80.0 Å². The molecule has 95 heavy (non-hydrogen) atoms. The van der Waals surface area contributed by atoms with Crippen molar-refractivity contribution < 1.29 is 18.9 Å². The van der Waals surface area contributed by atoms with Gasteiger partial charge in [0.2, 0.25) is 0 Å². The van der Waals surface area contributed by atoms with Crippen LogP contribution in [0.4, 0.5) is 17.1 Å². The predicted molar refractivity (Wildman–Crippen MR) is 392 cm³/mol. The van der Waals surface area contributed by atoms with E-state index < -0.39 is 18.3 Å². The second-order valence-corrected chi connectivity index (χ2v) is 26.0. The second-order valence-electron chi connectivity index (χ2n) is 22.2. The lowest BCUT2D eigenvalue weighted by molar-refractivity contribution is 0.00578. The molecule has 0 spiro atoms. The van der Waals surface area contributed by atoms with Crippen molar-refractivity contribution >= 4 is 189 Å². The smallest absolute Gasteiger partial charge is 0.399 e. The van der Waals surface area contributed by atoms with Gasteiger partial charge >= 0.3 is 7.12 Å². The van der Waals surface area contributed by atoms with Crippen LogP contribution in [0.5, 0.6) is 0 Å². The van der Waals surface area contributed by atoms with Crippen molar-refractivity contribution in [3.05, 3.63) is 285 Å². The van der Waals surface area contributed by atoms with Gasteiger partial charge in [0, 0.05) is 78.1 Å². The topological polar surface area (TPSA) is 135 Å². The summed E-state index contributed by atoms with van der Waals surface area (Å²) in [5.74, 6) is 0.748. The third-order valence-corrected chi connectivity index (χ3v) is 18.2. The number of fused-ring (bicyclic) bond motifs is 9. The predicted octanol–water partition coefficient (Wildman–Crippen LogP) is 23.2. The summed E-state index contributed by atoms with van der Waals surface area (Å²) in [6, 6.07) is 60.5. The Morgan fingerprint density at radius 1 is 0.516 bits per heavy atom. The summed E-state index contributed by atoms with van der Waals surface area (Å²) in [6.45, 7) is 29.3. The molecule has 3 aromatic heterocycles. The summed E-state index contributed by atoms with van der Waals surface area (Å²) < 4.78 is 14.7. The number of nitrogens with one attached hydrogen (secondary N) is 1. The molecule has 0 radical (unpaired) electrons. The lowest BCUT2D eigenvalue weighted by Gasteiger charge is -2.32. The minimum Gasteiger partial charge on any atom is -0.399 e. The van der Waals surface area contributed by atoms with Crippen molar-refractivity contribution in [2.24, 2.45) is 0 Å². The number of hydrogen-bond acceptors (Lipinski definition) is 7. The van der Waals surface area contributed by atoms with Crippen molar-refractivity contribution in [2.45, 2.75) is 38.9 Å². The van der Waals surface area contributed by atoms with Crippen LogP contribution in [0.1, 0.15) is 54.0 Å². The van der Waals surface area contributed by atoms with Crippen LogP contribution >= 0.6 is 97.1 Å². The Balaban J connectivity index is 0.000000133. The minimum absolute atomic E-state index is 0.394. The molecular formula is C74H47BBrCl7N8O4. The molecule has 13 aromatic rings. The quantitative estimate of drug-likeness (QED) is 0.0758. The first-order valence-corrected chi connectivity index (χ1v) is 32.1. The first-order valence-electron chi connectivity index (χ1n) is 28.7. The van der Waals surface area contributed by atoms with E-state index >= 15 is 0 Å². The third-order valence-electron chi connectivity index (χ3n) is 15.7. The van der Waals surface area contributed by atoms with Crippen LogP contribution in [-0.2, 0) is 9.31 Å². The van der Waals surface area contributed by atoms with Gasteiger partial charge in [-0.2, -0.15) is 5.26 Å². The van der Waals surface area contributed by atoms with Crippen LogP contribution in [0.25, 0.3) is 97.6 Å². The van der Waals surface area contributed by atoms with E-state index in [1.54, 1.807) is 84.9 Å². The Bertz CT molecular complexity index is 5310. The molecule has 1 fully saturated rings. The number of aromatic nitrogens is 4. The number of carbonyl (C=O) groups is 2. The summed E-state index contributed by atoms with van der Waals surface area (Å²) in [5.41, 5.74) is 12.8. The van der Waals surface area contributed by atoms with Gasteiger partial charge in [-0.15, -0.1) is 0 Å². The molecule has 1 aliphatic heterocycles. The lowest BCUT2D eigenvalue weighted by atomic mass is 9.79. The first kappa shape index (κ1) is 68.8. The lowest BCUT2D eigenvalue weighted by Crippen LogP contribution is -2.41. The van der Waals surface area contributed by atoms with Crippen LogP contribution in [0, 0.1) is 31.0 Å². The van der Waals surface area contributed by atoms with E-state index in [1.165, 1.54) is 0 Å². The van der Waals surface area contributed by atoms with Gasteiger partial charge in [-0.3, -0.25) is 14.0 Å². The Kier molecular flexibility index (Phi) is 21.5. The largest absolute Gasteiger partial charge is 0.496 e. The number of aldehydes is 2. The van der Waals surface area contributed by atoms with Gasteiger partial charge in [0.25, 0.3) is 0 Å². The van der Waals surface area contributed by atoms with E-state index in [2.05, 4.69) is 57.0 Å². The zero-order chi connectivity index (χ0) is 67.9. The van der Waals surface area contributed by atoms with Gasteiger partial charge < -0.3 is 14.3 Å². The molecular weight excluding hydrogens is 1400 g/mol. The second kappa shape index (κ2) is 29.7. The number of hydrogen-bond donors (Lipinski definition) is 1. The molecule has 0 saturated carbocycles. The number of para-hydroxylation sites is 4. The van der Waals surface area contributed by atoms with Crippen LogP contribution in [0.15, 0.2) is 199 Å². The standard InChI is InChI=1S/C20H11Cl2N3.C20H10ClN3.C14H7Cl2NO.C13H15BClNO2.C7H4BrClO/c1-23-13-7-9-14(17(22)11-13)16-10-12(21)6-8-15(16)20-24-18-4-2-3-5-19(18)25-20;1-22-13-7-9-14-16-10-12(21)6-8-15(16)20-23-17-4-2-3-5-18(17)24(20)19(14)11-13;1-17-11-4-5-12(14(16)7-11)13-6-10(15)3-2-9(13)8-18;1-12(2)13(3,4)18-14(17-12)10-6-5-9(8-16)7-11(10)15;8-7-3-6(9)2-1-5(7)4-10/h2-11H,(H,24,25);2-11H;2-8H;5-7H,1-4H3;1-4H. The Labute approximate surface area is 590 Å². The summed E-state index contributed by atoms with van der Waals surface area (Å²) in [6.07, 6.45) is 1.53. The highest BCUT2D eigenvalue weighted by Crippen LogP contribution is 2.41. The highest BCUT2D eigenvalue weighted by Gasteiger charge is 2.52. The highest BCUT2D eigenvalue weighted by molar-refractivity contribution is 9.10. The maximum Gasteiger partial charge on any atom is 0.496 e. The fourth-order valence-corrected chi connectivity index (χ4v) is 12.3. The first-order chi connectivity index (χ1) is 45.6. The van der Waals surface area contributed by atoms with Crippen LogP contribution < -0.4 is 5.46 Å². The molecule has 0 bridgehead atoms. The number of rotatable bonds is 6. The molecule has 21 heteroatoms. The summed E-state index contributed by atoms with van der Waals surface area (Å²) in [7, 11) is -0.491. The molecule has 1 aliphatic rings. The van der Waals surface area contributed by atoms with Crippen molar-refractivity contribution in [1.82, 2.24) is 19.4 Å². The summed E-state index contributed by atoms with van der Waals surface area (Å²) in [4.78, 5) is 44.4. The number of pyridine rings is 1. The number of benzene rings is 10. The van der Waals surface area contributed by atoms with Gasteiger partial charge in [-0.25, -0.2) is 24.5 Å². The molecule has 12 nitrogen and oxygen atoms in total. The molecule has 0 amide bonds. The average molecular weight is 1450 g/mol. The molecule has 0 atom stereocenters. The maximum absolute atomic E-state index is 11.0. The van der Waals surface area contributed by atoms with Gasteiger partial charge in [-0.1, -0.05) is 164 Å². The van der Waals surface area contributed by atoms with E-state index in [0.717, 1.165) is 94.4 Å². The van der Waals surface area contributed by atoms with Gasteiger partial charge in [0.1, 0.15) is 11.5 Å². The monoisotopic (exact) mass is 1450 g/mol. The molecule has 1 saturated heterocycles. The van der Waals surface area contributed by atoms with E-state index in [-0.39, 0.29) is 0 Å². The van der Waals surface area contributed by atoms with Gasteiger partial charge in [0.15, 0.2) is 29.6 Å². The van der Waals surface area contributed by atoms with Crippen molar-refractivity contribution in [3.8, 4) is 39.7 Å². The van der Waals surface area contributed by atoms with Crippen LogP contribution in [-0.4, -0.2) is 50.2 Å². The van der Waals surface area contributed by atoms with Crippen molar-refractivity contribution in [2.75, 3.05) is 0 Å². The molecule has 466 valence electrons. The molecule has 1 N–H and O–H groups in total. The number of nitrogens with zero attached hydrogens (tertiary/aromatic N) is 7. The van der Waals surface area contributed by atoms with E-state index in [4.69, 9.17) is 120 Å². The Morgan fingerprint density at radius 3 is 1.64 bits per heavy atom. The Hall–Kier alpha value is -9.07. The number of nitriles is 1. The summed E-state index contributed by atoms with van der Waals surface area (Å²) in [5, 5.41) is 15.9. The van der Waals surface area contributed by atoms with Gasteiger partial charge in [0.05, 0.1) is 64.6 Å². The van der Waals surface area contributed by atoms with E-state index in [1.807, 2.05) is 131 Å². The van der Waals surface area contributed by atoms with Crippen molar-refractivity contribution in [1.29, 1.82) is 5.26 Å². The third kappa shape index (κ3) is 15.2. The maximum atomic E-state index is 11.0. The normalized spacial score (nSPS) is 12.5. The minimum atomic E-state index is -0.491. The fraction of sp³-hybridized carbons (Fsp3) is 0.0811. The zero-order valence-corrected chi connectivity index (χ0v) is 57.4. The number of imidazole rings is 2. The average Bonchev–Trinajstić information content (AvgIpc) is 1.64. The zero-order valence-electron chi connectivity index (χ0n) is 50.5. The SMILES string of the molecule is CC1(C)OB(c2ccc(C#N)cc2Cl)OC1(C)C.O=Cc1ccc(Cl)cc1Br.[C-]#[N+]c1ccc(-c2cc(Cl)ccc2-c2nc3ccccc3[nH]2)c(Cl)c1.[C-]#[N+]c1ccc(-c2cc(Cl)ccc2C=O)c(Cl)c1.[C-]#[N+]c1ccc2c3cc(Cl)ccc3c3nc4ccccc4n3c2c1. The fourth-order valence-electron chi connectivity index (χ4n) is 10.2. The van der Waals surface area contributed by atoms with Crippen molar-refractivity contribution in [3.63, 3.8) is 0 Å². The number of aromatic amines is 1. The van der Waals surface area contributed by atoms with Crippen LogP contribution in [0.2, 0.25) is 35.2 Å². The van der Waals surface area contributed by atoms with Gasteiger partial charge in [-0.05, 0) is 183 Å². The molecule has 14 rings (SSSR count). The molecule has 0 unspecified atom stereocenters.